The lowest BCUT2D eigenvalue weighted by atomic mass is 9.77. The number of imide groups is 1. The quantitative estimate of drug-likeness (QED) is 0.654. The fraction of sp³-hybridized carbons (Fsp3) is 0.609. The molecular weight excluding hydrogens is 380 g/mol. The van der Waals surface area contributed by atoms with Gasteiger partial charge in [0.1, 0.15) is 6.04 Å². The van der Waals surface area contributed by atoms with Gasteiger partial charge in [-0.25, -0.2) is 0 Å². The second-order valence-electron chi connectivity index (χ2n) is 9.21. The van der Waals surface area contributed by atoms with Gasteiger partial charge >= 0.3 is 0 Å². The van der Waals surface area contributed by atoms with Crippen LogP contribution in [0.15, 0.2) is 18.2 Å². The molecule has 3 heterocycles. The fourth-order valence-electron chi connectivity index (χ4n) is 5.76. The topological polar surface area (TPSA) is 90.5 Å². The molecule has 7 heteroatoms. The first-order valence-electron chi connectivity index (χ1n) is 11.3. The van der Waals surface area contributed by atoms with Gasteiger partial charge in [-0.1, -0.05) is 18.2 Å². The van der Waals surface area contributed by atoms with E-state index in [9.17, 15) is 14.4 Å². The maximum atomic E-state index is 13.2. The van der Waals surface area contributed by atoms with Crippen LogP contribution in [-0.2, 0) is 22.7 Å². The summed E-state index contributed by atoms with van der Waals surface area (Å²) in [6, 6.07) is 6.51. The van der Waals surface area contributed by atoms with Crippen molar-refractivity contribution in [1.82, 2.24) is 20.9 Å². The van der Waals surface area contributed by atoms with Gasteiger partial charge in [0, 0.05) is 37.2 Å². The average molecular weight is 411 g/mol. The van der Waals surface area contributed by atoms with Crippen LogP contribution in [0.25, 0.3) is 0 Å². The Kier molecular flexibility index (Phi) is 5.33. The maximum Gasteiger partial charge on any atom is 0.255 e. The van der Waals surface area contributed by atoms with Gasteiger partial charge in [0.25, 0.3) is 5.91 Å². The molecule has 4 atom stereocenters. The van der Waals surface area contributed by atoms with Crippen LogP contribution in [0.1, 0.15) is 66.4 Å². The van der Waals surface area contributed by atoms with Crippen LogP contribution in [0, 0.1) is 5.92 Å². The molecule has 3 fully saturated rings. The van der Waals surface area contributed by atoms with Crippen molar-refractivity contribution in [3.63, 3.8) is 0 Å². The molecule has 3 N–H and O–H groups in total. The molecule has 1 aromatic carbocycles. The van der Waals surface area contributed by atoms with E-state index in [2.05, 4.69) is 16.0 Å². The molecule has 1 aliphatic carbocycles. The summed E-state index contributed by atoms with van der Waals surface area (Å²) in [7, 11) is 0. The third kappa shape index (κ3) is 3.65. The minimum absolute atomic E-state index is 0.0884. The van der Waals surface area contributed by atoms with Gasteiger partial charge in [-0.15, -0.1) is 0 Å². The number of fused-ring (bicyclic) bond motifs is 2. The molecule has 0 spiro atoms. The number of piperidine rings is 2. The zero-order valence-corrected chi connectivity index (χ0v) is 17.3. The smallest absolute Gasteiger partial charge is 0.255 e. The predicted molar refractivity (Wildman–Crippen MR) is 111 cm³/mol. The highest BCUT2D eigenvalue weighted by atomic mass is 16.2. The van der Waals surface area contributed by atoms with E-state index in [0.717, 1.165) is 35.6 Å². The summed E-state index contributed by atoms with van der Waals surface area (Å²) < 4.78 is 0. The number of hydrogen-bond acceptors (Lipinski definition) is 5. The Morgan fingerprint density at radius 2 is 2.00 bits per heavy atom. The highest BCUT2D eigenvalue weighted by molar-refractivity contribution is 6.05. The van der Waals surface area contributed by atoms with Crippen LogP contribution >= 0.6 is 0 Å². The maximum absolute atomic E-state index is 13.2. The molecule has 0 radical (unpaired) electrons. The number of rotatable bonds is 4. The molecule has 7 nitrogen and oxygen atoms in total. The number of nitrogens with one attached hydrogen (secondary N) is 3. The average Bonchev–Trinajstić information content (AvgIpc) is 3.09. The van der Waals surface area contributed by atoms with Gasteiger partial charge in [0.15, 0.2) is 0 Å². The molecular formula is C23H30N4O3. The first-order chi connectivity index (χ1) is 14.6. The van der Waals surface area contributed by atoms with Gasteiger partial charge in [-0.2, -0.15) is 0 Å². The van der Waals surface area contributed by atoms with E-state index in [1.165, 1.54) is 25.7 Å². The molecule has 3 aliphatic heterocycles. The summed E-state index contributed by atoms with van der Waals surface area (Å²) in [5.41, 5.74) is 2.71. The third-order valence-corrected chi connectivity index (χ3v) is 7.37. The van der Waals surface area contributed by atoms with Crippen molar-refractivity contribution in [3.05, 3.63) is 34.9 Å². The Labute approximate surface area is 177 Å². The standard InChI is InChI=1S/C23H30N4O3/c28-20-9-8-19(22(29)26-20)27-13-16-4-1-3-15(21(16)23(27)30)12-25-17-7-6-14-5-2-10-24-18(14)11-17/h1,3-4,14,17-19,24-25H,2,5-13H2,(H,26,28,29). The summed E-state index contributed by atoms with van der Waals surface area (Å²) in [5, 5.41) is 9.75. The van der Waals surface area contributed by atoms with E-state index < -0.39 is 6.04 Å². The highest BCUT2D eigenvalue weighted by Crippen LogP contribution is 2.32. The van der Waals surface area contributed by atoms with Crippen molar-refractivity contribution in [2.75, 3.05) is 6.54 Å². The second-order valence-corrected chi connectivity index (χ2v) is 9.21. The predicted octanol–water partition coefficient (Wildman–Crippen LogP) is 1.46. The summed E-state index contributed by atoms with van der Waals surface area (Å²) in [6.45, 7) is 2.23. The van der Waals surface area contributed by atoms with E-state index >= 15 is 0 Å². The van der Waals surface area contributed by atoms with Crippen molar-refractivity contribution in [2.45, 2.75) is 76.2 Å². The molecule has 3 amide bonds. The second kappa shape index (κ2) is 8.12. The molecule has 0 bridgehead atoms. The first-order valence-corrected chi connectivity index (χ1v) is 11.3. The Balaban J connectivity index is 1.26. The van der Waals surface area contributed by atoms with Crippen LogP contribution in [-0.4, -0.2) is 47.3 Å². The van der Waals surface area contributed by atoms with Crippen LogP contribution in [0.4, 0.5) is 0 Å². The molecule has 5 rings (SSSR count). The number of benzene rings is 1. The van der Waals surface area contributed by atoms with Crippen molar-refractivity contribution >= 4 is 17.7 Å². The fourth-order valence-corrected chi connectivity index (χ4v) is 5.76. The van der Waals surface area contributed by atoms with Gasteiger partial charge in [0.2, 0.25) is 11.8 Å². The Morgan fingerprint density at radius 3 is 2.87 bits per heavy atom. The van der Waals surface area contributed by atoms with E-state index in [-0.39, 0.29) is 24.1 Å². The molecule has 1 saturated carbocycles. The largest absolute Gasteiger partial charge is 0.322 e. The number of carbonyl (C=O) groups excluding carboxylic acids is 3. The van der Waals surface area contributed by atoms with E-state index in [1.807, 2.05) is 18.2 Å². The third-order valence-electron chi connectivity index (χ3n) is 7.37. The van der Waals surface area contributed by atoms with Gasteiger partial charge < -0.3 is 15.5 Å². The minimum Gasteiger partial charge on any atom is -0.322 e. The lowest BCUT2D eigenvalue weighted by Crippen LogP contribution is -2.52. The molecule has 0 aromatic heterocycles. The van der Waals surface area contributed by atoms with E-state index in [4.69, 9.17) is 0 Å². The number of nitrogens with zero attached hydrogens (tertiary/aromatic N) is 1. The summed E-state index contributed by atoms with van der Waals surface area (Å²) in [6.07, 6.45) is 6.93. The molecule has 30 heavy (non-hydrogen) atoms. The number of hydrogen-bond donors (Lipinski definition) is 3. The van der Waals surface area contributed by atoms with Crippen molar-refractivity contribution in [2.24, 2.45) is 5.92 Å². The van der Waals surface area contributed by atoms with Crippen molar-refractivity contribution in [3.8, 4) is 0 Å². The monoisotopic (exact) mass is 410 g/mol. The van der Waals surface area contributed by atoms with Crippen LogP contribution in [0.2, 0.25) is 0 Å². The van der Waals surface area contributed by atoms with Crippen LogP contribution in [0.3, 0.4) is 0 Å². The number of carbonyl (C=O) groups is 3. The summed E-state index contributed by atoms with van der Waals surface area (Å²) in [4.78, 5) is 38.6. The van der Waals surface area contributed by atoms with Gasteiger partial charge in [-0.3, -0.25) is 19.7 Å². The Morgan fingerprint density at radius 1 is 1.10 bits per heavy atom. The Hall–Kier alpha value is -2.25. The zero-order chi connectivity index (χ0) is 20.7. The first kappa shape index (κ1) is 19.7. The lowest BCUT2D eigenvalue weighted by Gasteiger charge is -2.40. The SMILES string of the molecule is O=C1CCC(N2Cc3cccc(CNC4CCC5CCCNC5C4)c3C2=O)C(=O)N1. The number of amides is 3. The van der Waals surface area contributed by atoms with Crippen LogP contribution in [0.5, 0.6) is 0 Å². The van der Waals surface area contributed by atoms with E-state index in [0.29, 0.717) is 31.6 Å². The molecule has 1 aromatic rings. The van der Waals surface area contributed by atoms with E-state index in [1.54, 1.807) is 4.90 Å². The van der Waals surface area contributed by atoms with Crippen molar-refractivity contribution in [1.29, 1.82) is 0 Å². The molecule has 2 saturated heterocycles. The summed E-state index contributed by atoms with van der Waals surface area (Å²) >= 11 is 0. The molecule has 4 unspecified atom stereocenters. The van der Waals surface area contributed by atoms with Gasteiger partial charge in [-0.05, 0) is 62.1 Å². The van der Waals surface area contributed by atoms with Gasteiger partial charge in [0.05, 0.1) is 0 Å². The normalized spacial score (nSPS) is 31.3. The Bertz CT molecular complexity index is 870. The highest BCUT2D eigenvalue weighted by Gasteiger charge is 2.40. The lowest BCUT2D eigenvalue weighted by molar-refractivity contribution is -0.136. The van der Waals surface area contributed by atoms with Crippen LogP contribution < -0.4 is 16.0 Å². The summed E-state index contributed by atoms with van der Waals surface area (Å²) in [5.74, 6) is 0.118. The van der Waals surface area contributed by atoms with Crippen molar-refractivity contribution < 1.29 is 14.4 Å². The minimum atomic E-state index is -0.559. The molecule has 4 aliphatic rings. The molecule has 160 valence electrons. The zero-order valence-electron chi connectivity index (χ0n) is 17.3.